The van der Waals surface area contributed by atoms with Gasteiger partial charge in [-0.3, -0.25) is 9.48 Å². The highest BCUT2D eigenvalue weighted by Crippen LogP contribution is 2.29. The number of methoxy groups -OCH3 is 1. The van der Waals surface area contributed by atoms with E-state index < -0.39 is 15.9 Å². The quantitative estimate of drug-likeness (QED) is 0.801. The maximum absolute atomic E-state index is 13.0. The number of pyridine rings is 1. The Balaban J connectivity index is 1.98. The van der Waals surface area contributed by atoms with Crippen molar-refractivity contribution in [3.8, 4) is 5.88 Å². The maximum atomic E-state index is 13.0. The van der Waals surface area contributed by atoms with Crippen molar-refractivity contribution in [3.63, 3.8) is 0 Å². The number of hydrogen-bond acceptors (Lipinski definition) is 6. The molecule has 8 nitrogen and oxygen atoms in total. The molecular weight excluding hydrogens is 344 g/mol. The van der Waals surface area contributed by atoms with Gasteiger partial charge in [0.1, 0.15) is 5.56 Å². The average Bonchev–Trinajstić information content (AvgIpc) is 3.09. The van der Waals surface area contributed by atoms with Crippen molar-refractivity contribution in [1.29, 1.82) is 0 Å². The van der Waals surface area contributed by atoms with Crippen molar-refractivity contribution >= 4 is 15.7 Å². The van der Waals surface area contributed by atoms with Crippen LogP contribution in [0.15, 0.2) is 30.7 Å². The van der Waals surface area contributed by atoms with Crippen LogP contribution in [0, 0.1) is 0 Å². The van der Waals surface area contributed by atoms with Crippen LogP contribution in [-0.2, 0) is 16.4 Å². The second-order valence-electron chi connectivity index (χ2n) is 5.82. The molecule has 0 unspecified atom stereocenters. The molecule has 134 valence electrons. The van der Waals surface area contributed by atoms with Gasteiger partial charge in [0, 0.05) is 31.0 Å². The third kappa shape index (κ3) is 3.51. The van der Waals surface area contributed by atoms with E-state index in [9.17, 15) is 13.2 Å². The summed E-state index contributed by atoms with van der Waals surface area (Å²) in [7, 11) is -1.77. The SMILES string of the molecule is CCn1cc([C@H]2CS(=O)(=O)CCN2C(=O)c2cccnc2OC)cn1. The molecule has 0 bridgehead atoms. The molecule has 0 N–H and O–H groups in total. The van der Waals surface area contributed by atoms with Crippen LogP contribution >= 0.6 is 0 Å². The number of ether oxygens (including phenoxy) is 1. The fourth-order valence-electron chi connectivity index (χ4n) is 2.92. The van der Waals surface area contributed by atoms with Gasteiger partial charge in [-0.2, -0.15) is 5.10 Å². The van der Waals surface area contributed by atoms with Crippen LogP contribution in [0.2, 0.25) is 0 Å². The maximum Gasteiger partial charge on any atom is 0.259 e. The summed E-state index contributed by atoms with van der Waals surface area (Å²) in [4.78, 5) is 18.7. The standard InChI is InChI=1S/C16H20N4O4S/c1-3-19-10-12(9-18-19)14-11-25(22,23)8-7-20(14)16(21)13-5-4-6-17-15(13)24-2/h4-6,9-10,14H,3,7-8,11H2,1-2H3/t14-/m1/s1. The van der Waals surface area contributed by atoms with Crippen molar-refractivity contribution in [1.82, 2.24) is 19.7 Å². The lowest BCUT2D eigenvalue weighted by Gasteiger charge is -2.35. The summed E-state index contributed by atoms with van der Waals surface area (Å²) in [6.45, 7) is 2.74. The molecule has 0 radical (unpaired) electrons. The van der Waals surface area contributed by atoms with E-state index in [4.69, 9.17) is 4.74 Å². The van der Waals surface area contributed by atoms with Crippen molar-refractivity contribution in [2.24, 2.45) is 0 Å². The molecule has 25 heavy (non-hydrogen) atoms. The molecule has 9 heteroatoms. The van der Waals surface area contributed by atoms with Gasteiger partial charge in [0.2, 0.25) is 5.88 Å². The largest absolute Gasteiger partial charge is 0.480 e. The highest BCUT2D eigenvalue weighted by atomic mass is 32.2. The molecule has 0 spiro atoms. The lowest BCUT2D eigenvalue weighted by atomic mass is 10.1. The molecule has 0 saturated carbocycles. The van der Waals surface area contributed by atoms with Gasteiger partial charge in [0.15, 0.2) is 9.84 Å². The topological polar surface area (TPSA) is 94.4 Å². The average molecular weight is 364 g/mol. The number of rotatable bonds is 4. The van der Waals surface area contributed by atoms with Crippen LogP contribution in [0.3, 0.4) is 0 Å². The van der Waals surface area contributed by atoms with Gasteiger partial charge in [-0.1, -0.05) is 0 Å². The fourth-order valence-corrected chi connectivity index (χ4v) is 4.42. The smallest absolute Gasteiger partial charge is 0.259 e. The monoisotopic (exact) mass is 364 g/mol. The highest BCUT2D eigenvalue weighted by molar-refractivity contribution is 7.91. The molecule has 1 fully saturated rings. The minimum absolute atomic E-state index is 0.0558. The molecule has 3 heterocycles. The number of nitrogens with zero attached hydrogens (tertiary/aromatic N) is 4. The van der Waals surface area contributed by atoms with Crippen LogP contribution in [-0.4, -0.2) is 59.1 Å². The van der Waals surface area contributed by atoms with Crippen LogP contribution < -0.4 is 4.74 Å². The molecule has 1 atom stereocenters. The van der Waals surface area contributed by atoms with E-state index in [-0.39, 0.29) is 29.8 Å². The molecule has 2 aromatic rings. The minimum Gasteiger partial charge on any atom is -0.480 e. The number of hydrogen-bond donors (Lipinski definition) is 0. The summed E-state index contributed by atoms with van der Waals surface area (Å²) >= 11 is 0. The van der Waals surface area contributed by atoms with Crippen LogP contribution in [0.25, 0.3) is 0 Å². The molecule has 2 aromatic heterocycles. The predicted octanol–water partition coefficient (Wildman–Crippen LogP) is 0.918. The summed E-state index contributed by atoms with van der Waals surface area (Å²) in [6, 6.07) is 2.71. The van der Waals surface area contributed by atoms with E-state index >= 15 is 0 Å². The van der Waals surface area contributed by atoms with Crippen LogP contribution in [0.1, 0.15) is 28.9 Å². The number of aromatic nitrogens is 3. The van der Waals surface area contributed by atoms with Gasteiger partial charge >= 0.3 is 0 Å². The lowest BCUT2D eigenvalue weighted by molar-refractivity contribution is 0.0693. The third-order valence-electron chi connectivity index (χ3n) is 4.25. The zero-order chi connectivity index (χ0) is 18.0. The molecular formula is C16H20N4O4S. The summed E-state index contributed by atoms with van der Waals surface area (Å²) in [5.74, 6) is -0.241. The summed E-state index contributed by atoms with van der Waals surface area (Å²) in [5, 5.41) is 4.20. The van der Waals surface area contributed by atoms with E-state index in [2.05, 4.69) is 10.1 Å². The number of aryl methyl sites for hydroxylation is 1. The molecule has 0 aliphatic carbocycles. The van der Waals surface area contributed by atoms with Gasteiger partial charge < -0.3 is 9.64 Å². The first-order valence-electron chi connectivity index (χ1n) is 7.98. The molecule has 1 aliphatic heterocycles. The Bertz CT molecular complexity index is 878. The fraction of sp³-hybridized carbons (Fsp3) is 0.438. The first-order chi connectivity index (χ1) is 11.9. The molecule has 1 amide bonds. The second kappa shape index (κ2) is 6.83. The van der Waals surface area contributed by atoms with E-state index in [1.807, 2.05) is 6.92 Å². The van der Waals surface area contributed by atoms with E-state index in [1.165, 1.54) is 7.11 Å². The van der Waals surface area contributed by atoms with Crippen molar-refractivity contribution in [2.45, 2.75) is 19.5 Å². The zero-order valence-electron chi connectivity index (χ0n) is 14.1. The number of carbonyl (C=O) groups excluding carboxylic acids is 1. The predicted molar refractivity (Wildman–Crippen MR) is 91.1 cm³/mol. The number of sulfone groups is 1. The Morgan fingerprint density at radius 3 is 2.92 bits per heavy atom. The first kappa shape index (κ1) is 17.4. The second-order valence-corrected chi connectivity index (χ2v) is 8.05. The molecule has 0 aromatic carbocycles. The highest BCUT2D eigenvalue weighted by Gasteiger charge is 2.37. The Morgan fingerprint density at radius 1 is 1.44 bits per heavy atom. The van der Waals surface area contributed by atoms with Crippen molar-refractivity contribution < 1.29 is 17.9 Å². The van der Waals surface area contributed by atoms with E-state index in [0.29, 0.717) is 17.7 Å². The third-order valence-corrected chi connectivity index (χ3v) is 5.88. The van der Waals surface area contributed by atoms with Crippen LogP contribution in [0.5, 0.6) is 5.88 Å². The van der Waals surface area contributed by atoms with Gasteiger partial charge in [-0.15, -0.1) is 0 Å². The van der Waals surface area contributed by atoms with Gasteiger partial charge in [-0.05, 0) is 19.1 Å². The normalized spacial score (nSPS) is 19.6. The summed E-state index contributed by atoms with van der Waals surface area (Å²) in [5.41, 5.74) is 1.03. The summed E-state index contributed by atoms with van der Waals surface area (Å²) < 4.78 is 31.2. The van der Waals surface area contributed by atoms with E-state index in [0.717, 1.165) is 0 Å². The van der Waals surface area contributed by atoms with Gasteiger partial charge in [0.25, 0.3) is 5.91 Å². The minimum atomic E-state index is -3.22. The van der Waals surface area contributed by atoms with E-state index in [1.54, 1.807) is 40.3 Å². The Kier molecular flexibility index (Phi) is 4.76. The lowest BCUT2D eigenvalue weighted by Crippen LogP contribution is -2.46. The van der Waals surface area contributed by atoms with Gasteiger partial charge in [-0.25, -0.2) is 13.4 Å². The Hall–Kier alpha value is -2.42. The Labute approximate surface area is 146 Å². The Morgan fingerprint density at radius 2 is 2.24 bits per heavy atom. The molecule has 3 rings (SSSR count). The van der Waals surface area contributed by atoms with Gasteiger partial charge in [0.05, 0.1) is 30.9 Å². The molecule has 1 saturated heterocycles. The number of amides is 1. The van der Waals surface area contributed by atoms with Crippen LogP contribution in [0.4, 0.5) is 0 Å². The summed E-state index contributed by atoms with van der Waals surface area (Å²) in [6.07, 6.45) is 4.95. The van der Waals surface area contributed by atoms with Crippen molar-refractivity contribution in [2.75, 3.05) is 25.2 Å². The number of carbonyl (C=O) groups is 1. The zero-order valence-corrected chi connectivity index (χ0v) is 14.9. The van der Waals surface area contributed by atoms with Crippen molar-refractivity contribution in [3.05, 3.63) is 41.9 Å². The molecule has 1 aliphatic rings. The first-order valence-corrected chi connectivity index (χ1v) is 9.80.